The van der Waals surface area contributed by atoms with Crippen molar-refractivity contribution in [1.29, 1.82) is 0 Å². The molecular weight excluding hydrogens is 366 g/mol. The number of hydrogen-bond donors (Lipinski definition) is 1. The largest absolute Gasteiger partial charge is 0.486 e. The lowest BCUT2D eigenvalue weighted by Gasteiger charge is -2.35. The fourth-order valence-corrected chi connectivity index (χ4v) is 4.07. The second kappa shape index (κ2) is 8.74. The minimum Gasteiger partial charge on any atom is -0.486 e. The number of anilines is 1. The molecule has 2 aromatic rings. The molecule has 6 heteroatoms. The van der Waals surface area contributed by atoms with E-state index in [0.717, 1.165) is 37.7 Å². The second-order valence-electron chi connectivity index (χ2n) is 7.97. The van der Waals surface area contributed by atoms with E-state index in [-0.39, 0.29) is 12.0 Å². The molecule has 1 fully saturated rings. The monoisotopic (exact) mass is 396 g/mol. The summed E-state index contributed by atoms with van der Waals surface area (Å²) in [5.41, 5.74) is 2.62. The molecule has 2 aliphatic rings. The van der Waals surface area contributed by atoms with Gasteiger partial charge in [0.25, 0.3) is 5.91 Å². The fraction of sp³-hybridized carbons (Fsp3) is 0.435. The average molecular weight is 397 g/mol. The Hall–Kier alpha value is -2.73. The zero-order valence-corrected chi connectivity index (χ0v) is 17.3. The van der Waals surface area contributed by atoms with Crippen LogP contribution in [0.2, 0.25) is 0 Å². The van der Waals surface area contributed by atoms with Gasteiger partial charge in [-0.25, -0.2) is 0 Å². The van der Waals surface area contributed by atoms with Gasteiger partial charge in [-0.05, 0) is 30.7 Å². The van der Waals surface area contributed by atoms with Crippen LogP contribution in [0.3, 0.4) is 0 Å². The summed E-state index contributed by atoms with van der Waals surface area (Å²) in [7, 11) is 1.86. The lowest BCUT2D eigenvalue weighted by molar-refractivity contribution is -0.892. The van der Waals surface area contributed by atoms with Gasteiger partial charge in [-0.1, -0.05) is 30.3 Å². The van der Waals surface area contributed by atoms with Crippen LogP contribution in [-0.4, -0.2) is 69.8 Å². The third kappa shape index (κ3) is 4.65. The Morgan fingerprint density at radius 1 is 1.10 bits per heavy atom. The Labute approximate surface area is 172 Å². The number of para-hydroxylation sites is 3. The second-order valence-corrected chi connectivity index (χ2v) is 7.97. The molecule has 1 amide bonds. The van der Waals surface area contributed by atoms with Crippen LogP contribution in [0.25, 0.3) is 0 Å². The molecule has 2 heterocycles. The molecule has 0 bridgehead atoms. The van der Waals surface area contributed by atoms with E-state index in [1.54, 1.807) is 4.90 Å². The highest BCUT2D eigenvalue weighted by Crippen LogP contribution is 2.30. The fourth-order valence-electron chi connectivity index (χ4n) is 4.07. The first-order valence-corrected chi connectivity index (χ1v) is 10.4. The molecular formula is C23H30N3O3+. The van der Waals surface area contributed by atoms with Crippen LogP contribution in [0.15, 0.2) is 48.5 Å². The number of carbonyl (C=O) groups is 1. The number of likely N-dealkylation sites (N-methyl/N-ethyl adjacent to an activating group) is 1. The molecule has 1 atom stereocenters. The van der Waals surface area contributed by atoms with Crippen molar-refractivity contribution in [2.24, 2.45) is 0 Å². The van der Waals surface area contributed by atoms with Gasteiger partial charge in [0, 0.05) is 12.7 Å². The smallest absolute Gasteiger partial charge is 0.277 e. The summed E-state index contributed by atoms with van der Waals surface area (Å²) in [6.45, 7) is 7.60. The third-order valence-corrected chi connectivity index (χ3v) is 5.80. The van der Waals surface area contributed by atoms with Gasteiger partial charge >= 0.3 is 0 Å². The molecule has 6 nitrogen and oxygen atoms in total. The molecule has 1 N–H and O–H groups in total. The lowest BCUT2D eigenvalue weighted by Crippen LogP contribution is -3.15. The van der Waals surface area contributed by atoms with Gasteiger partial charge in [-0.3, -0.25) is 4.79 Å². The molecule has 0 saturated carbocycles. The Morgan fingerprint density at radius 3 is 2.55 bits per heavy atom. The summed E-state index contributed by atoms with van der Waals surface area (Å²) in [5, 5.41) is 0. The summed E-state index contributed by atoms with van der Waals surface area (Å²) in [5.74, 6) is 1.68. The number of piperazine rings is 1. The zero-order chi connectivity index (χ0) is 20.2. The molecule has 1 saturated heterocycles. The van der Waals surface area contributed by atoms with E-state index < -0.39 is 0 Å². The van der Waals surface area contributed by atoms with Crippen LogP contribution in [-0.2, 0) is 4.79 Å². The first kappa shape index (κ1) is 19.6. The highest BCUT2D eigenvalue weighted by atomic mass is 16.6. The minimum absolute atomic E-state index is 0.133. The number of nitrogens with one attached hydrogen (secondary N) is 1. The van der Waals surface area contributed by atoms with Crippen LogP contribution in [0.5, 0.6) is 11.5 Å². The first-order valence-electron chi connectivity index (χ1n) is 10.4. The van der Waals surface area contributed by atoms with Crippen molar-refractivity contribution in [3.63, 3.8) is 0 Å². The zero-order valence-electron chi connectivity index (χ0n) is 17.3. The van der Waals surface area contributed by atoms with E-state index in [1.165, 1.54) is 16.2 Å². The standard InChI is InChI=1S/C23H29N3O3/c1-18-7-3-4-8-20(18)26-13-11-25(12-14-26)16-23(27)24(2)15-19-17-28-21-9-5-6-10-22(21)29-19/h3-10,19H,11-17H2,1-2H3/p+1/t19-/m0/s1. The summed E-state index contributed by atoms with van der Waals surface area (Å²) < 4.78 is 11.7. The molecule has 29 heavy (non-hydrogen) atoms. The van der Waals surface area contributed by atoms with Gasteiger partial charge in [0.05, 0.1) is 32.7 Å². The van der Waals surface area contributed by atoms with E-state index in [2.05, 4.69) is 36.1 Å². The number of amides is 1. The van der Waals surface area contributed by atoms with Crippen molar-refractivity contribution in [3.05, 3.63) is 54.1 Å². The number of carbonyl (C=O) groups excluding carboxylic acids is 1. The third-order valence-electron chi connectivity index (χ3n) is 5.80. The topological polar surface area (TPSA) is 46.5 Å². The van der Waals surface area contributed by atoms with Gasteiger partial charge < -0.3 is 24.2 Å². The molecule has 0 spiro atoms. The van der Waals surface area contributed by atoms with Crippen LogP contribution in [0.4, 0.5) is 5.69 Å². The molecule has 2 aliphatic heterocycles. The predicted octanol–water partition coefficient (Wildman–Crippen LogP) is 0.998. The van der Waals surface area contributed by atoms with Gasteiger partial charge in [0.1, 0.15) is 6.61 Å². The predicted molar refractivity (Wildman–Crippen MR) is 113 cm³/mol. The van der Waals surface area contributed by atoms with Crippen molar-refractivity contribution < 1.29 is 19.2 Å². The van der Waals surface area contributed by atoms with E-state index in [0.29, 0.717) is 19.7 Å². The van der Waals surface area contributed by atoms with Gasteiger partial charge in [-0.2, -0.15) is 0 Å². The van der Waals surface area contributed by atoms with E-state index in [1.807, 2.05) is 31.3 Å². The van der Waals surface area contributed by atoms with Crippen molar-refractivity contribution >= 4 is 11.6 Å². The lowest BCUT2D eigenvalue weighted by atomic mass is 10.1. The number of fused-ring (bicyclic) bond motifs is 1. The van der Waals surface area contributed by atoms with Gasteiger partial charge in [0.2, 0.25) is 0 Å². The number of aryl methyl sites for hydroxylation is 1. The average Bonchev–Trinajstić information content (AvgIpc) is 2.74. The normalized spacial score (nSPS) is 19.1. The Kier molecular flexibility index (Phi) is 5.90. The van der Waals surface area contributed by atoms with E-state index in [4.69, 9.17) is 9.47 Å². The van der Waals surface area contributed by atoms with Crippen molar-refractivity contribution in [3.8, 4) is 11.5 Å². The first-order chi connectivity index (χ1) is 14.1. The number of rotatable bonds is 5. The SMILES string of the molecule is Cc1ccccc1N1CC[NH+](CC(=O)N(C)C[C@H]2COc3ccccc3O2)CC1. The summed E-state index contributed by atoms with van der Waals surface area (Å²) >= 11 is 0. The maximum atomic E-state index is 12.7. The van der Waals surface area contributed by atoms with Gasteiger partial charge in [-0.15, -0.1) is 0 Å². The Balaban J connectivity index is 1.24. The number of nitrogens with zero attached hydrogens (tertiary/aromatic N) is 2. The Bertz CT molecular complexity index is 849. The quantitative estimate of drug-likeness (QED) is 0.819. The highest BCUT2D eigenvalue weighted by Gasteiger charge is 2.27. The highest BCUT2D eigenvalue weighted by molar-refractivity contribution is 5.76. The summed E-state index contributed by atoms with van der Waals surface area (Å²) in [6.07, 6.45) is -0.133. The van der Waals surface area contributed by atoms with Crippen LogP contribution in [0, 0.1) is 6.92 Å². The molecule has 154 valence electrons. The van der Waals surface area contributed by atoms with Crippen molar-refractivity contribution in [1.82, 2.24) is 4.90 Å². The number of ether oxygens (including phenoxy) is 2. The maximum Gasteiger partial charge on any atom is 0.277 e. The Morgan fingerprint density at radius 2 is 1.79 bits per heavy atom. The van der Waals surface area contributed by atoms with Gasteiger partial charge in [0.15, 0.2) is 24.1 Å². The van der Waals surface area contributed by atoms with Crippen LogP contribution in [0.1, 0.15) is 5.56 Å². The van der Waals surface area contributed by atoms with E-state index >= 15 is 0 Å². The number of hydrogen-bond acceptors (Lipinski definition) is 4. The number of quaternary nitrogens is 1. The summed E-state index contributed by atoms with van der Waals surface area (Å²) in [4.78, 5) is 18.3. The van der Waals surface area contributed by atoms with Crippen LogP contribution >= 0.6 is 0 Å². The van der Waals surface area contributed by atoms with E-state index in [9.17, 15) is 4.79 Å². The van der Waals surface area contributed by atoms with Crippen LogP contribution < -0.4 is 19.3 Å². The number of benzene rings is 2. The van der Waals surface area contributed by atoms with Crippen molar-refractivity contribution in [2.75, 3.05) is 57.8 Å². The molecule has 0 unspecified atom stereocenters. The van der Waals surface area contributed by atoms with Crippen molar-refractivity contribution in [2.45, 2.75) is 13.0 Å². The summed E-state index contributed by atoms with van der Waals surface area (Å²) in [6, 6.07) is 16.2. The molecule has 0 aromatic heterocycles. The maximum absolute atomic E-state index is 12.7. The molecule has 4 rings (SSSR count). The molecule has 0 radical (unpaired) electrons. The minimum atomic E-state index is -0.133. The molecule has 0 aliphatic carbocycles. The molecule has 2 aromatic carbocycles.